The van der Waals surface area contributed by atoms with Crippen molar-refractivity contribution in [2.75, 3.05) is 5.32 Å². The van der Waals surface area contributed by atoms with Crippen molar-refractivity contribution in [2.24, 2.45) is 0 Å². The van der Waals surface area contributed by atoms with E-state index in [1.54, 1.807) is 18.5 Å². The topological polar surface area (TPSA) is 81.8 Å². The van der Waals surface area contributed by atoms with Gasteiger partial charge in [0.1, 0.15) is 11.9 Å². The first kappa shape index (κ1) is 20.5. The summed E-state index contributed by atoms with van der Waals surface area (Å²) < 4.78 is 16.0. The summed E-state index contributed by atoms with van der Waals surface area (Å²) in [5.41, 5.74) is 2.53. The van der Waals surface area contributed by atoms with Gasteiger partial charge in [-0.3, -0.25) is 9.59 Å². The quantitative estimate of drug-likeness (QED) is 0.531. The van der Waals surface area contributed by atoms with Gasteiger partial charge in [0.05, 0.1) is 22.5 Å². The highest BCUT2D eigenvalue weighted by atomic mass is 19.1. The van der Waals surface area contributed by atoms with E-state index >= 15 is 0 Å². The SMILES string of the molecule is CC[C@@H](C(=O)Nc1ccc(F)cc1)n1nc(C)c2c(C)n(-c3ccccc3)nc2c1=O. The molecule has 4 aromatic rings. The number of nitrogens with zero attached hydrogens (tertiary/aromatic N) is 4. The minimum Gasteiger partial charge on any atom is -0.324 e. The molecule has 0 spiro atoms. The molecule has 1 atom stereocenters. The monoisotopic (exact) mass is 419 g/mol. The number of halogens is 1. The third-order valence-electron chi connectivity index (χ3n) is 5.24. The molecule has 8 heteroatoms. The number of rotatable bonds is 5. The predicted molar refractivity (Wildman–Crippen MR) is 117 cm³/mol. The van der Waals surface area contributed by atoms with Crippen molar-refractivity contribution in [3.8, 4) is 5.69 Å². The first-order valence-corrected chi connectivity index (χ1v) is 10.0. The third kappa shape index (κ3) is 3.72. The van der Waals surface area contributed by atoms with Crippen LogP contribution in [0.1, 0.15) is 30.8 Å². The van der Waals surface area contributed by atoms with Crippen LogP contribution in [-0.4, -0.2) is 25.5 Å². The summed E-state index contributed by atoms with van der Waals surface area (Å²) in [6.45, 7) is 5.49. The van der Waals surface area contributed by atoms with Crippen LogP contribution in [0.15, 0.2) is 59.4 Å². The number of carbonyl (C=O) groups is 1. The van der Waals surface area contributed by atoms with Gasteiger partial charge < -0.3 is 5.32 Å². The van der Waals surface area contributed by atoms with Crippen LogP contribution >= 0.6 is 0 Å². The van der Waals surface area contributed by atoms with Crippen molar-refractivity contribution in [3.63, 3.8) is 0 Å². The zero-order chi connectivity index (χ0) is 22.1. The normalized spacial score (nSPS) is 12.1. The zero-order valence-corrected chi connectivity index (χ0v) is 17.5. The number of para-hydroxylation sites is 1. The van der Waals surface area contributed by atoms with E-state index in [-0.39, 0.29) is 5.52 Å². The third-order valence-corrected chi connectivity index (χ3v) is 5.24. The van der Waals surface area contributed by atoms with Crippen molar-refractivity contribution >= 4 is 22.5 Å². The second-order valence-corrected chi connectivity index (χ2v) is 7.31. The summed E-state index contributed by atoms with van der Waals surface area (Å²) in [6.07, 6.45) is 0.350. The summed E-state index contributed by atoms with van der Waals surface area (Å²) in [5.74, 6) is -0.796. The number of hydrogen-bond donors (Lipinski definition) is 1. The molecule has 0 bridgehead atoms. The van der Waals surface area contributed by atoms with E-state index in [1.807, 2.05) is 37.3 Å². The lowest BCUT2D eigenvalue weighted by atomic mass is 10.1. The molecule has 158 valence electrons. The van der Waals surface area contributed by atoms with Gasteiger partial charge in [-0.2, -0.15) is 10.2 Å². The van der Waals surface area contributed by atoms with Crippen LogP contribution in [0, 0.1) is 19.7 Å². The molecule has 0 fully saturated rings. The van der Waals surface area contributed by atoms with Gasteiger partial charge in [-0.1, -0.05) is 25.1 Å². The second kappa shape index (κ2) is 8.14. The highest BCUT2D eigenvalue weighted by Gasteiger charge is 2.25. The Kier molecular flexibility index (Phi) is 5.37. The van der Waals surface area contributed by atoms with Crippen LogP contribution in [0.25, 0.3) is 16.6 Å². The van der Waals surface area contributed by atoms with Gasteiger partial charge >= 0.3 is 0 Å². The number of benzene rings is 2. The van der Waals surface area contributed by atoms with Crippen molar-refractivity contribution in [2.45, 2.75) is 33.2 Å². The first-order chi connectivity index (χ1) is 14.9. The number of hydrogen-bond acceptors (Lipinski definition) is 4. The van der Waals surface area contributed by atoms with E-state index < -0.39 is 23.3 Å². The van der Waals surface area contributed by atoms with Crippen molar-refractivity contribution in [1.82, 2.24) is 19.6 Å². The number of carbonyl (C=O) groups excluding carboxylic acids is 1. The van der Waals surface area contributed by atoms with Crippen LogP contribution in [0.2, 0.25) is 0 Å². The number of amides is 1. The molecule has 0 aliphatic carbocycles. The molecule has 31 heavy (non-hydrogen) atoms. The fourth-order valence-corrected chi connectivity index (χ4v) is 3.71. The van der Waals surface area contributed by atoms with Crippen LogP contribution in [0.3, 0.4) is 0 Å². The second-order valence-electron chi connectivity index (χ2n) is 7.31. The molecule has 0 aliphatic rings. The minimum absolute atomic E-state index is 0.266. The fourth-order valence-electron chi connectivity index (χ4n) is 3.71. The Bertz CT molecular complexity index is 1310. The van der Waals surface area contributed by atoms with Gasteiger partial charge in [0.15, 0.2) is 5.52 Å². The molecular weight excluding hydrogens is 397 g/mol. The van der Waals surface area contributed by atoms with Gasteiger partial charge in [-0.25, -0.2) is 13.8 Å². The molecule has 2 aromatic carbocycles. The molecule has 4 rings (SSSR count). The molecule has 0 aliphatic heterocycles. The number of fused-ring (bicyclic) bond motifs is 1. The molecule has 0 saturated heterocycles. The van der Waals surface area contributed by atoms with E-state index in [4.69, 9.17) is 0 Å². The lowest BCUT2D eigenvalue weighted by Gasteiger charge is -2.17. The molecular formula is C23H22FN5O2. The smallest absolute Gasteiger partial charge is 0.295 e. The van der Waals surface area contributed by atoms with Crippen LogP contribution in [0.5, 0.6) is 0 Å². The van der Waals surface area contributed by atoms with E-state index in [1.165, 1.54) is 28.9 Å². The van der Waals surface area contributed by atoms with Gasteiger partial charge in [-0.05, 0) is 56.7 Å². The van der Waals surface area contributed by atoms with Crippen LogP contribution in [-0.2, 0) is 4.79 Å². The van der Waals surface area contributed by atoms with E-state index in [9.17, 15) is 14.0 Å². The predicted octanol–water partition coefficient (Wildman–Crippen LogP) is 3.93. The minimum atomic E-state index is -0.831. The first-order valence-electron chi connectivity index (χ1n) is 10.0. The van der Waals surface area contributed by atoms with Crippen LogP contribution < -0.4 is 10.9 Å². The van der Waals surface area contributed by atoms with E-state index in [0.717, 1.165) is 11.4 Å². The largest absolute Gasteiger partial charge is 0.324 e. The Labute approximate surface area is 178 Å². The standard InChI is InChI=1S/C23H22FN5O2/c1-4-19(22(30)25-17-12-10-16(24)11-13-17)29-23(31)21-20(14(2)26-29)15(3)28(27-21)18-8-6-5-7-9-18/h5-13,19H,4H2,1-3H3,(H,25,30)/t19-/m0/s1. The Hall–Kier alpha value is -3.81. The van der Waals surface area contributed by atoms with E-state index in [2.05, 4.69) is 15.5 Å². The summed E-state index contributed by atoms with van der Waals surface area (Å²) in [5, 5.41) is 12.4. The zero-order valence-electron chi connectivity index (χ0n) is 17.5. The molecule has 0 radical (unpaired) electrons. The molecule has 0 unspecified atom stereocenters. The summed E-state index contributed by atoms with van der Waals surface area (Å²) in [7, 11) is 0. The van der Waals surface area contributed by atoms with Crippen molar-refractivity contribution < 1.29 is 9.18 Å². The Morgan fingerprint density at radius 2 is 1.74 bits per heavy atom. The van der Waals surface area contributed by atoms with Crippen LogP contribution in [0.4, 0.5) is 10.1 Å². The van der Waals surface area contributed by atoms with Crippen molar-refractivity contribution in [1.29, 1.82) is 0 Å². The number of aryl methyl sites for hydroxylation is 2. The van der Waals surface area contributed by atoms with Gasteiger partial charge in [0.2, 0.25) is 5.91 Å². The Morgan fingerprint density at radius 1 is 1.06 bits per heavy atom. The highest BCUT2D eigenvalue weighted by Crippen LogP contribution is 2.22. The molecule has 2 heterocycles. The number of aromatic nitrogens is 4. The lowest BCUT2D eigenvalue weighted by molar-refractivity contribution is -0.119. The van der Waals surface area contributed by atoms with Crippen molar-refractivity contribution in [3.05, 3.63) is 82.2 Å². The Balaban J connectivity index is 1.78. The average Bonchev–Trinajstić information content (AvgIpc) is 3.12. The molecule has 1 amide bonds. The maximum Gasteiger partial charge on any atom is 0.295 e. The molecule has 7 nitrogen and oxygen atoms in total. The lowest BCUT2D eigenvalue weighted by Crippen LogP contribution is -2.35. The molecule has 2 aromatic heterocycles. The fraction of sp³-hybridized carbons (Fsp3) is 0.217. The summed E-state index contributed by atoms with van der Waals surface area (Å²) >= 11 is 0. The number of nitrogens with one attached hydrogen (secondary N) is 1. The maximum atomic E-state index is 13.3. The molecule has 0 saturated carbocycles. The van der Waals surface area contributed by atoms with Gasteiger partial charge in [0, 0.05) is 5.69 Å². The molecule has 1 N–H and O–H groups in total. The van der Waals surface area contributed by atoms with Gasteiger partial charge in [0.25, 0.3) is 5.56 Å². The number of anilines is 1. The summed E-state index contributed by atoms with van der Waals surface area (Å²) in [6, 6.07) is 14.2. The highest BCUT2D eigenvalue weighted by molar-refractivity contribution is 5.94. The maximum absolute atomic E-state index is 13.3. The van der Waals surface area contributed by atoms with Gasteiger partial charge in [-0.15, -0.1) is 0 Å². The average molecular weight is 419 g/mol. The van der Waals surface area contributed by atoms with E-state index in [0.29, 0.717) is 23.2 Å². The summed E-state index contributed by atoms with van der Waals surface area (Å²) in [4.78, 5) is 26.2. The Morgan fingerprint density at radius 3 is 2.39 bits per heavy atom.